The van der Waals surface area contributed by atoms with Crippen molar-refractivity contribution in [2.45, 2.75) is 12.0 Å². The summed E-state index contributed by atoms with van der Waals surface area (Å²) in [7, 11) is 0. The van der Waals surface area contributed by atoms with Gasteiger partial charge in [-0.3, -0.25) is 0 Å². The molecule has 1 fully saturated rings. The first-order valence-electron chi connectivity index (χ1n) is 4.73. The van der Waals surface area contributed by atoms with E-state index in [1.807, 2.05) is 5.32 Å². The minimum Gasteiger partial charge on any atom is -0.508 e. The fourth-order valence-electron chi connectivity index (χ4n) is 1.59. The van der Waals surface area contributed by atoms with E-state index in [-0.39, 0.29) is 11.3 Å². The maximum Gasteiger partial charge on any atom is 0.408 e. The Kier molecular flexibility index (Phi) is 2.53. The van der Waals surface area contributed by atoms with Crippen molar-refractivity contribution in [3.8, 4) is 11.5 Å². The van der Waals surface area contributed by atoms with Gasteiger partial charge in [0.15, 0.2) is 6.61 Å². The smallest absolute Gasteiger partial charge is 0.408 e. The van der Waals surface area contributed by atoms with E-state index in [0.717, 1.165) is 18.2 Å². The lowest BCUT2D eigenvalue weighted by Crippen LogP contribution is -2.49. The van der Waals surface area contributed by atoms with Crippen LogP contribution in [0.1, 0.15) is 11.6 Å². The van der Waals surface area contributed by atoms with Crippen molar-refractivity contribution in [1.82, 2.24) is 5.32 Å². The lowest BCUT2D eigenvalue weighted by Gasteiger charge is -2.32. The molecule has 0 bridgehead atoms. The Hall–Kier alpha value is -2.05. The number of phenols is 2. The zero-order valence-corrected chi connectivity index (χ0v) is 8.48. The molecule has 1 atom stereocenters. The molecule has 0 spiro atoms. The summed E-state index contributed by atoms with van der Waals surface area (Å²) in [6.45, 7) is -1.07. The summed E-state index contributed by atoms with van der Waals surface area (Å²) in [5, 5.41) is 20.6. The van der Waals surface area contributed by atoms with Crippen molar-refractivity contribution in [3.63, 3.8) is 0 Å². The normalized spacial score (nSPS) is 22.7. The van der Waals surface area contributed by atoms with Crippen LogP contribution >= 0.6 is 0 Å². The topological polar surface area (TPSA) is 78.8 Å². The number of halogens is 2. The van der Waals surface area contributed by atoms with Crippen molar-refractivity contribution in [2.75, 3.05) is 6.61 Å². The van der Waals surface area contributed by atoms with Crippen molar-refractivity contribution >= 4 is 6.09 Å². The third-order valence-corrected chi connectivity index (χ3v) is 2.40. The fourth-order valence-corrected chi connectivity index (χ4v) is 1.59. The average molecular weight is 245 g/mol. The van der Waals surface area contributed by atoms with Gasteiger partial charge in [-0.05, 0) is 18.2 Å². The molecular formula is C10H9F2NO4. The Morgan fingerprint density at radius 1 is 1.41 bits per heavy atom. The molecule has 1 saturated heterocycles. The Balaban J connectivity index is 2.42. The van der Waals surface area contributed by atoms with Crippen LogP contribution in [0.5, 0.6) is 11.5 Å². The molecule has 1 amide bonds. The van der Waals surface area contributed by atoms with Crippen LogP contribution in [-0.4, -0.2) is 28.8 Å². The molecule has 3 N–H and O–H groups in total. The number of carbonyl (C=O) groups is 1. The second-order valence-corrected chi connectivity index (χ2v) is 3.66. The Bertz CT molecular complexity index is 464. The van der Waals surface area contributed by atoms with Crippen molar-refractivity contribution in [3.05, 3.63) is 23.8 Å². The Labute approximate surface area is 94.6 Å². The molecular weight excluding hydrogens is 236 g/mol. The highest BCUT2D eigenvalue weighted by Crippen LogP contribution is 2.39. The zero-order chi connectivity index (χ0) is 12.6. The lowest BCUT2D eigenvalue weighted by molar-refractivity contribution is -0.104. The molecule has 0 aliphatic carbocycles. The summed E-state index contributed by atoms with van der Waals surface area (Å²) in [6, 6.07) is 1.47. The maximum absolute atomic E-state index is 13.5. The molecule has 2 rings (SSSR count). The number of hydrogen-bond acceptors (Lipinski definition) is 4. The molecule has 0 aromatic heterocycles. The van der Waals surface area contributed by atoms with Crippen LogP contribution < -0.4 is 5.32 Å². The summed E-state index contributed by atoms with van der Waals surface area (Å²) in [4.78, 5) is 10.9. The van der Waals surface area contributed by atoms with Gasteiger partial charge < -0.3 is 20.3 Å². The maximum atomic E-state index is 13.5. The van der Waals surface area contributed by atoms with Gasteiger partial charge in [-0.1, -0.05) is 0 Å². The number of aromatic hydroxyl groups is 2. The number of carbonyl (C=O) groups excluding carboxylic acids is 1. The van der Waals surface area contributed by atoms with Gasteiger partial charge in [0, 0.05) is 5.56 Å². The van der Waals surface area contributed by atoms with Crippen LogP contribution in [0.3, 0.4) is 0 Å². The van der Waals surface area contributed by atoms with E-state index >= 15 is 0 Å². The number of nitrogens with one attached hydrogen (secondary N) is 1. The van der Waals surface area contributed by atoms with Crippen LogP contribution in [-0.2, 0) is 4.74 Å². The molecule has 1 heterocycles. The van der Waals surface area contributed by atoms with Gasteiger partial charge in [0.05, 0.1) is 0 Å². The van der Waals surface area contributed by atoms with Gasteiger partial charge >= 0.3 is 12.0 Å². The van der Waals surface area contributed by atoms with E-state index in [4.69, 9.17) is 0 Å². The number of hydrogen-bond donors (Lipinski definition) is 3. The van der Waals surface area contributed by atoms with Crippen LogP contribution in [0.25, 0.3) is 0 Å². The number of ether oxygens (including phenoxy) is 1. The number of cyclic esters (lactones) is 1. The summed E-state index contributed by atoms with van der Waals surface area (Å²) < 4.78 is 31.2. The van der Waals surface area contributed by atoms with Crippen LogP contribution in [0.2, 0.25) is 0 Å². The van der Waals surface area contributed by atoms with Crippen molar-refractivity contribution < 1.29 is 28.5 Å². The monoisotopic (exact) mass is 245 g/mol. The fraction of sp³-hybridized carbons (Fsp3) is 0.300. The highest BCUT2D eigenvalue weighted by molar-refractivity contribution is 5.69. The van der Waals surface area contributed by atoms with Gasteiger partial charge in [0.1, 0.15) is 17.5 Å². The number of rotatable bonds is 1. The van der Waals surface area contributed by atoms with E-state index in [1.54, 1.807) is 0 Å². The first-order chi connectivity index (χ1) is 7.90. The second kappa shape index (κ2) is 3.76. The molecule has 1 aliphatic rings. The minimum atomic E-state index is -3.36. The van der Waals surface area contributed by atoms with Crippen molar-refractivity contribution in [2.24, 2.45) is 0 Å². The van der Waals surface area contributed by atoms with Crippen molar-refractivity contribution in [1.29, 1.82) is 0 Å². The van der Waals surface area contributed by atoms with E-state index in [1.165, 1.54) is 0 Å². The molecule has 1 aromatic carbocycles. The van der Waals surface area contributed by atoms with E-state index in [2.05, 4.69) is 4.74 Å². The number of alkyl carbamates (subject to hydrolysis) is 1. The van der Waals surface area contributed by atoms with Gasteiger partial charge in [-0.2, -0.15) is 0 Å². The predicted molar refractivity (Wildman–Crippen MR) is 51.9 cm³/mol. The summed E-state index contributed by atoms with van der Waals surface area (Å²) in [5.41, 5.74) is -0.258. The standard InChI is InChI=1S/C10H9F2NO4/c11-10(12)4-17-9(16)13-8(10)6-3-5(14)1-2-7(6)15/h1-3,8,14-15H,4H2,(H,13,16)/t8-/m0/s1. The van der Waals surface area contributed by atoms with Crippen LogP contribution in [0.15, 0.2) is 18.2 Å². The molecule has 1 aromatic rings. The third kappa shape index (κ3) is 2.08. The lowest BCUT2D eigenvalue weighted by atomic mass is 9.99. The quantitative estimate of drug-likeness (QED) is 0.655. The molecule has 5 nitrogen and oxygen atoms in total. The molecule has 0 saturated carbocycles. The largest absolute Gasteiger partial charge is 0.508 e. The highest BCUT2D eigenvalue weighted by atomic mass is 19.3. The summed E-state index contributed by atoms with van der Waals surface area (Å²) in [5.74, 6) is -4.08. The van der Waals surface area contributed by atoms with Gasteiger partial charge in [-0.25, -0.2) is 13.6 Å². The summed E-state index contributed by atoms with van der Waals surface area (Å²) in [6.07, 6.45) is -0.997. The van der Waals surface area contributed by atoms with Crippen LogP contribution in [0.4, 0.5) is 13.6 Å². The number of amides is 1. The first-order valence-corrected chi connectivity index (χ1v) is 4.73. The highest BCUT2D eigenvalue weighted by Gasteiger charge is 2.47. The van der Waals surface area contributed by atoms with E-state index in [0.29, 0.717) is 0 Å². The first kappa shape index (κ1) is 11.4. The molecule has 0 unspecified atom stereocenters. The SMILES string of the molecule is O=C1N[C@@H](c2cc(O)ccc2O)C(F)(F)CO1. The molecule has 17 heavy (non-hydrogen) atoms. The molecule has 92 valence electrons. The summed E-state index contributed by atoms with van der Waals surface area (Å²) >= 11 is 0. The third-order valence-electron chi connectivity index (χ3n) is 2.40. The Morgan fingerprint density at radius 2 is 2.12 bits per heavy atom. The Morgan fingerprint density at radius 3 is 2.82 bits per heavy atom. The number of phenolic OH excluding ortho intramolecular Hbond substituents is 2. The van der Waals surface area contributed by atoms with E-state index in [9.17, 15) is 23.8 Å². The van der Waals surface area contributed by atoms with Gasteiger partial charge in [0.25, 0.3) is 0 Å². The molecule has 0 radical (unpaired) electrons. The van der Waals surface area contributed by atoms with Crippen LogP contribution in [0, 0.1) is 0 Å². The predicted octanol–water partition coefficient (Wildman–Crippen LogP) is 1.51. The number of alkyl halides is 2. The van der Waals surface area contributed by atoms with Gasteiger partial charge in [0.2, 0.25) is 0 Å². The van der Waals surface area contributed by atoms with Gasteiger partial charge in [-0.15, -0.1) is 0 Å². The minimum absolute atomic E-state index is 0.258. The number of benzene rings is 1. The molecule has 1 aliphatic heterocycles. The second-order valence-electron chi connectivity index (χ2n) is 3.66. The average Bonchev–Trinajstić information content (AvgIpc) is 2.26. The molecule has 7 heteroatoms. The zero-order valence-electron chi connectivity index (χ0n) is 8.48. The van der Waals surface area contributed by atoms with E-state index < -0.39 is 30.4 Å².